The largest absolute Gasteiger partial charge is 0.288 e. The quantitative estimate of drug-likeness (QED) is 0.502. The molecule has 1 saturated carbocycles. The molecule has 49 valence electrons. The van der Waals surface area contributed by atoms with E-state index in [-0.39, 0.29) is 0 Å². The SMILES string of the molecule is [C]1=NCC(C2CCC2)C1. The van der Waals surface area contributed by atoms with Crippen LogP contribution in [0.3, 0.4) is 0 Å². The Balaban J connectivity index is 1.85. The third-order valence-corrected chi connectivity index (χ3v) is 2.61. The molecule has 1 heterocycles. The molecule has 9 heavy (non-hydrogen) atoms. The van der Waals surface area contributed by atoms with Gasteiger partial charge in [0.15, 0.2) is 0 Å². The van der Waals surface area contributed by atoms with Crippen LogP contribution in [0.2, 0.25) is 0 Å². The number of hydrogen-bond donors (Lipinski definition) is 0. The molecule has 1 aliphatic carbocycles. The molecule has 2 aliphatic rings. The molecule has 2 rings (SSSR count). The van der Waals surface area contributed by atoms with Gasteiger partial charge in [-0.1, -0.05) is 19.3 Å². The fraction of sp³-hybridized carbons (Fsp3) is 0.875. The summed E-state index contributed by atoms with van der Waals surface area (Å²) >= 11 is 0. The Morgan fingerprint density at radius 3 is 2.56 bits per heavy atom. The summed E-state index contributed by atoms with van der Waals surface area (Å²) in [6.45, 7) is 1.07. The van der Waals surface area contributed by atoms with Crippen LogP contribution in [0, 0.1) is 11.8 Å². The second-order valence-corrected chi connectivity index (χ2v) is 3.15. The van der Waals surface area contributed by atoms with E-state index in [0.29, 0.717) is 0 Å². The van der Waals surface area contributed by atoms with Crippen LogP contribution >= 0.6 is 0 Å². The molecule has 0 N–H and O–H groups in total. The van der Waals surface area contributed by atoms with Gasteiger partial charge in [-0.2, -0.15) is 0 Å². The van der Waals surface area contributed by atoms with Crippen LogP contribution in [0.5, 0.6) is 0 Å². The summed E-state index contributed by atoms with van der Waals surface area (Å²) in [5.74, 6) is 1.91. The zero-order chi connectivity index (χ0) is 6.10. The highest BCUT2D eigenvalue weighted by atomic mass is 14.7. The molecule has 1 heteroatoms. The summed E-state index contributed by atoms with van der Waals surface area (Å²) in [5, 5.41) is 0. The summed E-state index contributed by atoms with van der Waals surface area (Å²) in [4.78, 5) is 4.12. The van der Waals surface area contributed by atoms with Gasteiger partial charge >= 0.3 is 0 Å². The molecule has 0 spiro atoms. The average Bonchev–Trinajstić information content (AvgIpc) is 2.11. The smallest absolute Gasteiger partial charge is 0.0562 e. The van der Waals surface area contributed by atoms with Crippen molar-refractivity contribution in [2.24, 2.45) is 16.8 Å². The number of rotatable bonds is 1. The van der Waals surface area contributed by atoms with Crippen molar-refractivity contribution in [2.75, 3.05) is 6.54 Å². The summed E-state index contributed by atoms with van der Waals surface area (Å²) in [6, 6.07) is 0. The van der Waals surface area contributed by atoms with Crippen molar-refractivity contribution < 1.29 is 0 Å². The van der Waals surface area contributed by atoms with Gasteiger partial charge in [-0.05, 0) is 18.3 Å². The Hall–Kier alpha value is -0.330. The topological polar surface area (TPSA) is 12.4 Å². The molecule has 0 bridgehead atoms. The van der Waals surface area contributed by atoms with Crippen LogP contribution in [0.4, 0.5) is 0 Å². The third kappa shape index (κ3) is 0.887. The highest BCUT2D eigenvalue weighted by Gasteiger charge is 2.27. The van der Waals surface area contributed by atoms with Crippen LogP contribution in [0.15, 0.2) is 4.99 Å². The molecule has 1 radical (unpaired) electrons. The molecule has 1 aliphatic heterocycles. The lowest BCUT2D eigenvalue weighted by atomic mass is 9.75. The number of hydrogen-bond acceptors (Lipinski definition) is 1. The zero-order valence-electron chi connectivity index (χ0n) is 5.64. The molecule has 0 amide bonds. The summed E-state index contributed by atoms with van der Waals surface area (Å²) < 4.78 is 0. The second-order valence-electron chi connectivity index (χ2n) is 3.15. The van der Waals surface area contributed by atoms with Gasteiger partial charge < -0.3 is 0 Å². The highest BCUT2D eigenvalue weighted by molar-refractivity contribution is 5.59. The minimum Gasteiger partial charge on any atom is -0.288 e. The molecule has 1 fully saturated rings. The third-order valence-electron chi connectivity index (χ3n) is 2.61. The standard InChI is InChI=1S/C8H12N/c1-2-7(3-1)8-4-5-9-6-8/h7-8H,1-4,6H2. The monoisotopic (exact) mass is 122 g/mol. The lowest BCUT2D eigenvalue weighted by Gasteiger charge is -2.30. The molecule has 0 aromatic heterocycles. The predicted molar refractivity (Wildman–Crippen MR) is 37.8 cm³/mol. The molecular formula is C8H12N. The Kier molecular flexibility index (Phi) is 1.29. The summed E-state index contributed by atoms with van der Waals surface area (Å²) in [6.07, 6.45) is 8.57. The molecule has 1 nitrogen and oxygen atoms in total. The van der Waals surface area contributed by atoms with Crippen molar-refractivity contribution >= 4 is 6.21 Å². The van der Waals surface area contributed by atoms with Gasteiger partial charge in [-0.25, -0.2) is 0 Å². The van der Waals surface area contributed by atoms with Crippen LogP contribution in [0.1, 0.15) is 25.7 Å². The lowest BCUT2D eigenvalue weighted by Crippen LogP contribution is -2.21. The van der Waals surface area contributed by atoms with Crippen LogP contribution in [-0.4, -0.2) is 12.8 Å². The molecule has 1 unspecified atom stereocenters. The van der Waals surface area contributed by atoms with Gasteiger partial charge in [0, 0.05) is 6.54 Å². The number of nitrogens with zero attached hydrogens (tertiary/aromatic N) is 1. The fourth-order valence-corrected chi connectivity index (χ4v) is 1.66. The first-order chi connectivity index (χ1) is 4.47. The first-order valence-electron chi connectivity index (χ1n) is 3.86. The van der Waals surface area contributed by atoms with Gasteiger partial charge in [0.25, 0.3) is 0 Å². The van der Waals surface area contributed by atoms with Crippen molar-refractivity contribution in [3.05, 3.63) is 0 Å². The minimum absolute atomic E-state index is 0.888. The fourth-order valence-electron chi connectivity index (χ4n) is 1.66. The van der Waals surface area contributed by atoms with Crippen molar-refractivity contribution in [3.8, 4) is 0 Å². The molecule has 0 saturated heterocycles. The van der Waals surface area contributed by atoms with E-state index in [4.69, 9.17) is 0 Å². The number of aliphatic imine (C=N–C) groups is 1. The van der Waals surface area contributed by atoms with E-state index < -0.39 is 0 Å². The molecule has 1 atom stereocenters. The Labute approximate surface area is 56.2 Å². The lowest BCUT2D eigenvalue weighted by molar-refractivity contribution is 0.223. The van der Waals surface area contributed by atoms with E-state index >= 15 is 0 Å². The van der Waals surface area contributed by atoms with Gasteiger partial charge in [-0.15, -0.1) is 0 Å². The Bertz CT molecular complexity index is 117. The Morgan fingerprint density at radius 1 is 1.22 bits per heavy atom. The summed E-state index contributed by atoms with van der Waals surface area (Å²) in [5.41, 5.74) is 0. The predicted octanol–water partition coefficient (Wildman–Crippen LogP) is 1.75. The van der Waals surface area contributed by atoms with Crippen LogP contribution in [0.25, 0.3) is 0 Å². The molecular weight excluding hydrogens is 110 g/mol. The Morgan fingerprint density at radius 2 is 2.11 bits per heavy atom. The zero-order valence-corrected chi connectivity index (χ0v) is 5.64. The van der Waals surface area contributed by atoms with E-state index in [0.717, 1.165) is 24.8 Å². The second kappa shape index (κ2) is 2.13. The van der Waals surface area contributed by atoms with E-state index in [1.165, 1.54) is 19.3 Å². The van der Waals surface area contributed by atoms with Crippen molar-refractivity contribution in [1.82, 2.24) is 0 Å². The van der Waals surface area contributed by atoms with E-state index in [1.807, 2.05) is 0 Å². The van der Waals surface area contributed by atoms with Gasteiger partial charge in [0.2, 0.25) is 0 Å². The van der Waals surface area contributed by atoms with Gasteiger partial charge in [0.1, 0.15) is 0 Å². The maximum absolute atomic E-state index is 4.12. The normalized spacial score (nSPS) is 34.9. The van der Waals surface area contributed by atoms with Crippen molar-refractivity contribution in [1.29, 1.82) is 0 Å². The van der Waals surface area contributed by atoms with E-state index in [1.54, 1.807) is 0 Å². The first kappa shape index (κ1) is 5.45. The van der Waals surface area contributed by atoms with Gasteiger partial charge in [0.05, 0.1) is 6.21 Å². The minimum atomic E-state index is 0.888. The van der Waals surface area contributed by atoms with E-state index in [9.17, 15) is 0 Å². The highest BCUT2D eigenvalue weighted by Crippen LogP contribution is 2.36. The molecule has 0 aromatic rings. The van der Waals surface area contributed by atoms with Crippen LogP contribution in [-0.2, 0) is 0 Å². The first-order valence-corrected chi connectivity index (χ1v) is 3.86. The average molecular weight is 122 g/mol. The van der Waals surface area contributed by atoms with Crippen LogP contribution < -0.4 is 0 Å². The van der Waals surface area contributed by atoms with E-state index in [2.05, 4.69) is 11.2 Å². The maximum Gasteiger partial charge on any atom is 0.0562 e. The van der Waals surface area contributed by atoms with Crippen molar-refractivity contribution in [2.45, 2.75) is 25.7 Å². The van der Waals surface area contributed by atoms with Crippen molar-refractivity contribution in [3.63, 3.8) is 0 Å². The van der Waals surface area contributed by atoms with Gasteiger partial charge in [-0.3, -0.25) is 4.99 Å². The molecule has 0 aromatic carbocycles. The maximum atomic E-state index is 4.12. The summed E-state index contributed by atoms with van der Waals surface area (Å²) in [7, 11) is 0.